The van der Waals surface area contributed by atoms with Crippen molar-refractivity contribution in [1.29, 1.82) is 0 Å². The molecule has 1 amide bonds. The van der Waals surface area contributed by atoms with Crippen LogP contribution in [-0.4, -0.2) is 45.4 Å². The quantitative estimate of drug-likeness (QED) is 0.359. The number of nitrogens with one attached hydrogen (secondary N) is 2. The highest BCUT2D eigenvalue weighted by Gasteiger charge is 2.20. The van der Waals surface area contributed by atoms with Gasteiger partial charge < -0.3 is 19.5 Å². The van der Waals surface area contributed by atoms with Crippen LogP contribution in [0.15, 0.2) is 71.9 Å². The summed E-state index contributed by atoms with van der Waals surface area (Å²) in [5.41, 5.74) is 1.13. The molecule has 0 fully saturated rings. The fourth-order valence-electron chi connectivity index (χ4n) is 3.15. The van der Waals surface area contributed by atoms with Crippen LogP contribution in [-0.2, 0) is 14.8 Å². The number of benzene rings is 2. The number of hydrogen-bond acceptors (Lipinski definition) is 7. The average Bonchev–Trinajstić information content (AvgIpc) is 2.86. The smallest absolute Gasteiger partial charge is 0.407 e. The second-order valence-electron chi connectivity index (χ2n) is 8.89. The van der Waals surface area contributed by atoms with Crippen LogP contribution in [0.5, 0.6) is 11.5 Å². The Kier molecular flexibility index (Phi) is 9.13. The van der Waals surface area contributed by atoms with E-state index in [1.54, 1.807) is 69.6 Å². The van der Waals surface area contributed by atoms with Gasteiger partial charge in [-0.3, -0.25) is 9.71 Å². The summed E-state index contributed by atoms with van der Waals surface area (Å²) in [7, 11) is -2.44. The lowest BCUT2D eigenvalue weighted by Crippen LogP contribution is -2.34. The number of sulfonamides is 1. The third-order valence-electron chi connectivity index (χ3n) is 4.85. The zero-order chi connectivity index (χ0) is 26.9. The molecule has 0 aliphatic heterocycles. The number of anilines is 1. The Morgan fingerprint density at radius 3 is 2.35 bits per heavy atom. The molecule has 0 spiro atoms. The zero-order valence-corrected chi connectivity index (χ0v) is 22.0. The number of carbonyl (C=O) groups excluding carboxylic acids is 1. The second-order valence-corrected chi connectivity index (χ2v) is 10.6. The average molecular weight is 526 g/mol. The summed E-state index contributed by atoms with van der Waals surface area (Å²) in [6, 6.07) is 14.9. The number of para-hydroxylation sites is 1. The third kappa shape index (κ3) is 8.53. The van der Waals surface area contributed by atoms with Crippen molar-refractivity contribution < 1.29 is 27.4 Å². The molecule has 2 N–H and O–H groups in total. The number of carbonyl (C=O) groups is 1. The lowest BCUT2D eigenvalue weighted by Gasteiger charge is -2.20. The maximum atomic E-state index is 13.2. The summed E-state index contributed by atoms with van der Waals surface area (Å²) in [5.74, 6) is 0.848. The Labute approximate surface area is 217 Å². The van der Waals surface area contributed by atoms with Crippen molar-refractivity contribution in [3.05, 3.63) is 78.1 Å². The number of amides is 1. The van der Waals surface area contributed by atoms with Gasteiger partial charge in [0, 0.05) is 18.0 Å². The molecule has 0 saturated carbocycles. The maximum absolute atomic E-state index is 13.2. The molecule has 37 heavy (non-hydrogen) atoms. The van der Waals surface area contributed by atoms with Crippen LogP contribution in [0.2, 0.25) is 0 Å². The molecule has 0 saturated heterocycles. The summed E-state index contributed by atoms with van der Waals surface area (Å²) in [4.78, 5) is 16.0. The molecular formula is C27H31N3O6S. The molecule has 196 valence electrons. The van der Waals surface area contributed by atoms with Crippen LogP contribution in [0.25, 0.3) is 12.2 Å². The Morgan fingerprint density at radius 1 is 1.00 bits per heavy atom. The fourth-order valence-corrected chi connectivity index (χ4v) is 4.25. The van der Waals surface area contributed by atoms with Gasteiger partial charge in [0.15, 0.2) is 0 Å². The van der Waals surface area contributed by atoms with E-state index in [4.69, 9.17) is 14.2 Å². The summed E-state index contributed by atoms with van der Waals surface area (Å²) >= 11 is 0. The number of nitrogens with zero attached hydrogens (tertiary/aromatic N) is 1. The number of hydrogen-bond donors (Lipinski definition) is 2. The molecule has 0 unspecified atom stereocenters. The third-order valence-corrected chi connectivity index (χ3v) is 6.22. The first-order valence-electron chi connectivity index (χ1n) is 11.5. The summed E-state index contributed by atoms with van der Waals surface area (Å²) in [5, 5.41) is 2.62. The van der Waals surface area contributed by atoms with E-state index >= 15 is 0 Å². The minimum Gasteiger partial charge on any atom is -0.497 e. The number of ether oxygens (including phenoxy) is 3. The monoisotopic (exact) mass is 525 g/mol. The molecule has 3 aromatic rings. The van der Waals surface area contributed by atoms with Gasteiger partial charge in [-0.05, 0) is 68.8 Å². The molecular weight excluding hydrogens is 494 g/mol. The highest BCUT2D eigenvalue weighted by atomic mass is 32.2. The highest BCUT2D eigenvalue weighted by Crippen LogP contribution is 2.32. The lowest BCUT2D eigenvalue weighted by atomic mass is 10.1. The predicted molar refractivity (Wildman–Crippen MR) is 143 cm³/mol. The molecule has 1 heterocycles. The van der Waals surface area contributed by atoms with E-state index in [0.717, 1.165) is 5.56 Å². The van der Waals surface area contributed by atoms with Gasteiger partial charge in [-0.15, -0.1) is 0 Å². The molecule has 2 aromatic carbocycles. The minimum atomic E-state index is -3.95. The van der Waals surface area contributed by atoms with Gasteiger partial charge in [0.1, 0.15) is 23.7 Å². The number of methoxy groups -OCH3 is 1. The van der Waals surface area contributed by atoms with E-state index in [2.05, 4.69) is 15.0 Å². The number of pyridine rings is 1. The van der Waals surface area contributed by atoms with Crippen molar-refractivity contribution in [3.8, 4) is 11.5 Å². The van der Waals surface area contributed by atoms with E-state index in [1.165, 1.54) is 19.2 Å². The van der Waals surface area contributed by atoms with Crippen molar-refractivity contribution in [1.82, 2.24) is 10.3 Å². The first-order chi connectivity index (χ1) is 17.6. The molecule has 1 aromatic heterocycles. The summed E-state index contributed by atoms with van der Waals surface area (Å²) < 4.78 is 45.3. The van der Waals surface area contributed by atoms with Crippen molar-refractivity contribution >= 4 is 34.0 Å². The van der Waals surface area contributed by atoms with Gasteiger partial charge in [-0.2, -0.15) is 0 Å². The first kappa shape index (κ1) is 27.5. The van der Waals surface area contributed by atoms with Crippen LogP contribution in [0.4, 0.5) is 10.5 Å². The minimum absolute atomic E-state index is 0.0683. The SMILES string of the molecule is COc1ccc(S(=O)(=O)Nc2c(C=Cc3ccncc3)cccc2OCCNC(=O)OC(C)(C)C)cc1. The number of aromatic nitrogens is 1. The molecule has 0 bridgehead atoms. The van der Waals surface area contributed by atoms with Crippen LogP contribution in [0.3, 0.4) is 0 Å². The van der Waals surface area contributed by atoms with E-state index in [-0.39, 0.29) is 23.7 Å². The van der Waals surface area contributed by atoms with Crippen LogP contribution in [0.1, 0.15) is 31.9 Å². The first-order valence-corrected chi connectivity index (χ1v) is 13.0. The Bertz CT molecular complexity index is 1320. The van der Waals surface area contributed by atoms with Gasteiger partial charge in [-0.25, -0.2) is 13.2 Å². The molecule has 0 radical (unpaired) electrons. The van der Waals surface area contributed by atoms with E-state index in [0.29, 0.717) is 17.1 Å². The van der Waals surface area contributed by atoms with Crippen molar-refractivity contribution in [2.24, 2.45) is 0 Å². The van der Waals surface area contributed by atoms with Gasteiger partial charge in [0.2, 0.25) is 0 Å². The van der Waals surface area contributed by atoms with Crippen LogP contribution >= 0.6 is 0 Å². The van der Waals surface area contributed by atoms with Crippen molar-refractivity contribution in [3.63, 3.8) is 0 Å². The number of rotatable bonds is 10. The lowest BCUT2D eigenvalue weighted by molar-refractivity contribution is 0.0520. The van der Waals surface area contributed by atoms with Gasteiger partial charge in [0.25, 0.3) is 10.0 Å². The predicted octanol–water partition coefficient (Wildman–Crippen LogP) is 4.96. The zero-order valence-electron chi connectivity index (χ0n) is 21.2. The van der Waals surface area contributed by atoms with E-state index in [1.807, 2.05) is 18.2 Å². The van der Waals surface area contributed by atoms with E-state index in [9.17, 15) is 13.2 Å². The standard InChI is InChI=1S/C27H31N3O6S/c1-27(2,3)36-26(31)29-18-19-35-24-7-5-6-21(9-8-20-14-16-28-17-15-20)25(24)30-37(32,33)23-12-10-22(34-4)11-13-23/h5-17,30H,18-19H2,1-4H3,(H,29,31). The largest absolute Gasteiger partial charge is 0.497 e. The number of alkyl carbamates (subject to hydrolysis) is 1. The molecule has 0 aliphatic carbocycles. The molecule has 10 heteroatoms. The summed E-state index contributed by atoms with van der Waals surface area (Å²) in [6.45, 7) is 5.57. The Balaban J connectivity index is 1.84. The maximum Gasteiger partial charge on any atom is 0.407 e. The Morgan fingerprint density at radius 2 is 1.70 bits per heavy atom. The topological polar surface area (TPSA) is 116 Å². The highest BCUT2D eigenvalue weighted by molar-refractivity contribution is 7.92. The van der Waals surface area contributed by atoms with Crippen LogP contribution in [0, 0.1) is 0 Å². The Hall–Kier alpha value is -4.05. The van der Waals surface area contributed by atoms with Crippen molar-refractivity contribution in [2.45, 2.75) is 31.3 Å². The molecule has 0 atom stereocenters. The van der Waals surface area contributed by atoms with Crippen molar-refractivity contribution in [2.75, 3.05) is 25.0 Å². The van der Waals surface area contributed by atoms with Gasteiger partial charge in [-0.1, -0.05) is 24.3 Å². The normalized spacial score (nSPS) is 11.7. The molecule has 0 aliphatic rings. The van der Waals surface area contributed by atoms with Crippen LogP contribution < -0.4 is 19.5 Å². The molecule has 9 nitrogen and oxygen atoms in total. The molecule has 3 rings (SSSR count). The van der Waals surface area contributed by atoms with E-state index < -0.39 is 21.7 Å². The fraction of sp³-hybridized carbons (Fsp3) is 0.259. The van der Waals surface area contributed by atoms with Gasteiger partial charge in [0.05, 0.1) is 24.2 Å². The summed E-state index contributed by atoms with van der Waals surface area (Å²) in [6.07, 6.45) is 6.41. The van der Waals surface area contributed by atoms with Gasteiger partial charge >= 0.3 is 6.09 Å². The second kappa shape index (κ2) is 12.3.